The molecule has 0 radical (unpaired) electrons. The Morgan fingerprint density at radius 3 is 1.81 bits per heavy atom. The van der Waals surface area contributed by atoms with E-state index < -0.39 is 17.4 Å². The smallest absolute Gasteiger partial charge is 0.307 e. The third-order valence-electron chi connectivity index (χ3n) is 4.32. The molecule has 1 aromatic carbocycles. The Bertz CT molecular complexity index is 675. The second-order valence-corrected chi connectivity index (χ2v) is 8.00. The molecule has 0 amide bonds. The van der Waals surface area contributed by atoms with Gasteiger partial charge in [-0.1, -0.05) is 45.9 Å². The van der Waals surface area contributed by atoms with E-state index in [0.29, 0.717) is 5.56 Å². The van der Waals surface area contributed by atoms with Crippen LogP contribution in [0, 0.1) is 37.0 Å². The van der Waals surface area contributed by atoms with Gasteiger partial charge in [-0.3, -0.25) is 9.59 Å². The van der Waals surface area contributed by atoms with Crippen LogP contribution in [0.15, 0.2) is 18.2 Å². The van der Waals surface area contributed by atoms with E-state index in [1.807, 2.05) is 53.7 Å². The van der Waals surface area contributed by atoms with Gasteiger partial charge in [0.1, 0.15) is 5.41 Å². The zero-order chi connectivity index (χ0) is 20.6. The van der Waals surface area contributed by atoms with Crippen LogP contribution in [0.5, 0.6) is 0 Å². The number of hydrogen-bond acceptors (Lipinski definition) is 5. The van der Waals surface area contributed by atoms with Crippen molar-refractivity contribution in [2.75, 3.05) is 13.2 Å². The summed E-state index contributed by atoms with van der Waals surface area (Å²) in [4.78, 5) is 24.7. The van der Waals surface area contributed by atoms with Crippen LogP contribution in [0.2, 0.25) is 0 Å². The summed E-state index contributed by atoms with van der Waals surface area (Å²) >= 11 is 0. The summed E-state index contributed by atoms with van der Waals surface area (Å²) in [6.07, 6.45) is -0.370. The van der Waals surface area contributed by atoms with Crippen LogP contribution in [-0.2, 0) is 24.5 Å². The van der Waals surface area contributed by atoms with Crippen molar-refractivity contribution in [2.24, 2.45) is 11.8 Å². The fourth-order valence-electron chi connectivity index (χ4n) is 2.56. The summed E-state index contributed by atoms with van der Waals surface area (Å²) in [5, 5.41) is 9.98. The van der Waals surface area contributed by atoms with Gasteiger partial charge in [-0.15, -0.1) is 0 Å². The first-order valence-corrected chi connectivity index (χ1v) is 9.40. The maximum Gasteiger partial charge on any atom is 0.307 e. The van der Waals surface area contributed by atoms with Gasteiger partial charge in [0.25, 0.3) is 0 Å². The molecule has 0 N–H and O–H groups in total. The highest BCUT2D eigenvalue weighted by atomic mass is 16.5. The fourth-order valence-corrected chi connectivity index (χ4v) is 2.56. The zero-order valence-corrected chi connectivity index (χ0v) is 17.3. The van der Waals surface area contributed by atoms with Gasteiger partial charge < -0.3 is 9.47 Å². The molecule has 0 bridgehead atoms. The Hall–Kier alpha value is -2.35. The first kappa shape index (κ1) is 22.7. The quantitative estimate of drug-likeness (QED) is 0.605. The van der Waals surface area contributed by atoms with Crippen LogP contribution in [0.25, 0.3) is 0 Å². The van der Waals surface area contributed by atoms with Crippen molar-refractivity contribution in [1.82, 2.24) is 0 Å². The molecule has 0 heterocycles. The minimum absolute atomic E-state index is 0.185. The van der Waals surface area contributed by atoms with E-state index in [0.717, 1.165) is 11.1 Å². The Morgan fingerprint density at radius 2 is 1.44 bits per heavy atom. The first-order chi connectivity index (χ1) is 12.6. The summed E-state index contributed by atoms with van der Waals surface area (Å²) in [6, 6.07) is 7.78. The van der Waals surface area contributed by atoms with Crippen molar-refractivity contribution >= 4 is 11.9 Å². The van der Waals surface area contributed by atoms with Gasteiger partial charge in [-0.05, 0) is 42.4 Å². The largest absolute Gasteiger partial charge is 0.465 e. The molecule has 0 saturated carbocycles. The molecule has 0 aliphatic rings. The minimum Gasteiger partial charge on any atom is -0.465 e. The van der Waals surface area contributed by atoms with Gasteiger partial charge in [0.2, 0.25) is 0 Å². The number of rotatable bonds is 9. The molecule has 1 aromatic rings. The fraction of sp³-hybridized carbons (Fsp3) is 0.591. The molecule has 148 valence electrons. The molecule has 0 aliphatic heterocycles. The molecule has 5 nitrogen and oxygen atoms in total. The molecule has 0 aliphatic carbocycles. The molecule has 0 unspecified atom stereocenters. The summed E-state index contributed by atoms with van der Waals surface area (Å²) < 4.78 is 10.5. The lowest BCUT2D eigenvalue weighted by Gasteiger charge is -2.26. The topological polar surface area (TPSA) is 76.4 Å². The number of carbonyl (C=O) groups excluding carboxylic acids is 2. The molecule has 27 heavy (non-hydrogen) atoms. The Labute approximate surface area is 162 Å². The third-order valence-corrected chi connectivity index (χ3v) is 4.32. The Balaban J connectivity index is 3.15. The van der Waals surface area contributed by atoms with Crippen LogP contribution in [-0.4, -0.2) is 25.2 Å². The van der Waals surface area contributed by atoms with Gasteiger partial charge in [0.15, 0.2) is 0 Å². The normalized spacial score (nSPS) is 11.4. The molecule has 0 atom stereocenters. The Morgan fingerprint density at radius 1 is 0.963 bits per heavy atom. The maximum absolute atomic E-state index is 12.4. The van der Waals surface area contributed by atoms with Crippen LogP contribution < -0.4 is 0 Å². The number of carbonyl (C=O) groups is 2. The van der Waals surface area contributed by atoms with E-state index in [2.05, 4.69) is 6.07 Å². The molecular weight excluding hydrogens is 342 g/mol. The number of esters is 2. The van der Waals surface area contributed by atoms with E-state index >= 15 is 0 Å². The highest BCUT2D eigenvalue weighted by Crippen LogP contribution is 2.33. The number of nitrogens with zero attached hydrogens (tertiary/aromatic N) is 1. The maximum atomic E-state index is 12.4. The molecule has 1 rings (SSSR count). The second kappa shape index (κ2) is 10.1. The summed E-state index contributed by atoms with van der Waals surface area (Å²) in [6.45, 7) is 12.2. The zero-order valence-electron chi connectivity index (χ0n) is 17.3. The van der Waals surface area contributed by atoms with Crippen LogP contribution in [0.1, 0.15) is 57.2 Å². The van der Waals surface area contributed by atoms with Gasteiger partial charge in [-0.25, -0.2) is 0 Å². The molecular formula is C22H31NO4. The van der Waals surface area contributed by atoms with Gasteiger partial charge in [0, 0.05) is 0 Å². The predicted molar refractivity (Wildman–Crippen MR) is 104 cm³/mol. The first-order valence-electron chi connectivity index (χ1n) is 9.40. The second-order valence-electron chi connectivity index (χ2n) is 8.00. The molecule has 5 heteroatoms. The SMILES string of the molecule is Cc1ccc(C(C#N)(CC(=O)OCC(C)C)CC(=O)OCC(C)C)cc1C. The molecule has 0 saturated heterocycles. The molecule has 0 aromatic heterocycles. The van der Waals surface area contributed by atoms with E-state index in [1.54, 1.807) is 6.07 Å². The average molecular weight is 373 g/mol. The number of hydrogen-bond donors (Lipinski definition) is 0. The Kier molecular flexibility index (Phi) is 8.49. The number of benzene rings is 1. The lowest BCUT2D eigenvalue weighted by Crippen LogP contribution is -2.33. The average Bonchev–Trinajstić information content (AvgIpc) is 2.59. The highest BCUT2D eigenvalue weighted by Gasteiger charge is 2.39. The van der Waals surface area contributed by atoms with E-state index in [-0.39, 0.29) is 37.9 Å². The van der Waals surface area contributed by atoms with Crippen molar-refractivity contribution in [3.05, 3.63) is 34.9 Å². The monoisotopic (exact) mass is 373 g/mol. The van der Waals surface area contributed by atoms with Gasteiger partial charge in [-0.2, -0.15) is 5.26 Å². The van der Waals surface area contributed by atoms with Gasteiger partial charge >= 0.3 is 11.9 Å². The molecule has 0 spiro atoms. The summed E-state index contributed by atoms with van der Waals surface area (Å²) in [7, 11) is 0. The van der Waals surface area contributed by atoms with Gasteiger partial charge in [0.05, 0.1) is 32.1 Å². The van der Waals surface area contributed by atoms with Crippen molar-refractivity contribution in [3.63, 3.8) is 0 Å². The lowest BCUT2D eigenvalue weighted by molar-refractivity contribution is -0.148. The number of ether oxygens (including phenoxy) is 2. The predicted octanol–water partition coefficient (Wildman–Crippen LogP) is 4.24. The van der Waals surface area contributed by atoms with E-state index in [4.69, 9.17) is 9.47 Å². The van der Waals surface area contributed by atoms with Crippen LogP contribution in [0.4, 0.5) is 0 Å². The van der Waals surface area contributed by atoms with Crippen molar-refractivity contribution < 1.29 is 19.1 Å². The third kappa shape index (κ3) is 7.05. The molecule has 0 fully saturated rings. The van der Waals surface area contributed by atoms with Crippen LogP contribution in [0.3, 0.4) is 0 Å². The number of aryl methyl sites for hydroxylation is 2. The van der Waals surface area contributed by atoms with Crippen molar-refractivity contribution in [2.45, 2.75) is 59.8 Å². The van der Waals surface area contributed by atoms with Crippen molar-refractivity contribution in [3.8, 4) is 6.07 Å². The van der Waals surface area contributed by atoms with Crippen molar-refractivity contribution in [1.29, 1.82) is 5.26 Å². The number of nitriles is 1. The van der Waals surface area contributed by atoms with E-state index in [9.17, 15) is 14.9 Å². The summed E-state index contributed by atoms with van der Waals surface area (Å²) in [5.74, 6) is -0.577. The lowest BCUT2D eigenvalue weighted by atomic mass is 9.75. The van der Waals surface area contributed by atoms with Crippen LogP contribution >= 0.6 is 0 Å². The summed E-state index contributed by atoms with van der Waals surface area (Å²) in [5.41, 5.74) is 1.41. The standard InChI is InChI=1S/C22H31NO4/c1-15(2)12-26-20(24)10-22(14-23,11-21(25)27-13-16(3)4)19-8-7-17(5)18(6)9-19/h7-9,15-16H,10-13H2,1-6H3. The highest BCUT2D eigenvalue weighted by molar-refractivity contribution is 5.77. The van der Waals surface area contributed by atoms with E-state index in [1.165, 1.54) is 0 Å². The minimum atomic E-state index is -1.30.